The lowest BCUT2D eigenvalue weighted by Crippen LogP contribution is -2.10. The molecule has 0 unspecified atom stereocenters. The molecule has 0 bridgehead atoms. The summed E-state index contributed by atoms with van der Waals surface area (Å²) in [6.07, 6.45) is 3.52. The zero-order valence-corrected chi connectivity index (χ0v) is 12.2. The van der Waals surface area contributed by atoms with Crippen LogP contribution in [0.4, 0.5) is 11.8 Å². The maximum atomic E-state index is 5.95. The zero-order chi connectivity index (χ0) is 14.2. The van der Waals surface area contributed by atoms with Crippen molar-refractivity contribution in [1.29, 1.82) is 0 Å². The van der Waals surface area contributed by atoms with E-state index in [-0.39, 0.29) is 0 Å². The number of anilines is 2. The highest BCUT2D eigenvalue weighted by atomic mass is 35.5. The van der Waals surface area contributed by atoms with Crippen molar-refractivity contribution in [3.63, 3.8) is 0 Å². The summed E-state index contributed by atoms with van der Waals surface area (Å²) in [6.45, 7) is 3.71. The van der Waals surface area contributed by atoms with E-state index in [1.165, 1.54) is 5.56 Å². The number of hydrogen-bond acceptors (Lipinski definition) is 5. The molecule has 1 heterocycles. The summed E-state index contributed by atoms with van der Waals surface area (Å²) in [5.41, 5.74) is 1.18. The van der Waals surface area contributed by atoms with Crippen LogP contribution in [0.25, 0.3) is 0 Å². The minimum absolute atomic E-state index is 0.535. The summed E-state index contributed by atoms with van der Waals surface area (Å²) in [7, 11) is 0. The summed E-state index contributed by atoms with van der Waals surface area (Å²) < 4.78 is 0. The standard InChI is InChI=1S/C14H18ClN5/c1-2-7-16-13-10-18-20-14(19-13)17-8-6-11-4-3-5-12(15)9-11/h3-5,9-10H,2,6-8H2,1H3,(H2,16,17,19,20). The molecule has 0 aliphatic heterocycles. The summed E-state index contributed by atoms with van der Waals surface area (Å²) >= 11 is 5.95. The van der Waals surface area contributed by atoms with Crippen molar-refractivity contribution in [1.82, 2.24) is 15.2 Å². The predicted molar refractivity (Wildman–Crippen MR) is 82.3 cm³/mol. The molecule has 0 aliphatic rings. The molecule has 5 nitrogen and oxygen atoms in total. The van der Waals surface area contributed by atoms with Crippen molar-refractivity contribution >= 4 is 23.4 Å². The van der Waals surface area contributed by atoms with Gasteiger partial charge in [0, 0.05) is 18.1 Å². The summed E-state index contributed by atoms with van der Waals surface area (Å²) in [5.74, 6) is 1.28. The van der Waals surface area contributed by atoms with Gasteiger partial charge in [0.15, 0.2) is 0 Å². The average Bonchev–Trinajstić information content (AvgIpc) is 2.46. The van der Waals surface area contributed by atoms with Crippen LogP contribution in [0.1, 0.15) is 18.9 Å². The molecule has 2 aromatic rings. The smallest absolute Gasteiger partial charge is 0.244 e. The van der Waals surface area contributed by atoms with E-state index in [9.17, 15) is 0 Å². The Morgan fingerprint density at radius 1 is 1.20 bits per heavy atom. The first-order chi connectivity index (χ1) is 9.78. The second-order valence-electron chi connectivity index (χ2n) is 4.40. The van der Waals surface area contributed by atoms with E-state index >= 15 is 0 Å². The lowest BCUT2D eigenvalue weighted by atomic mass is 10.1. The lowest BCUT2D eigenvalue weighted by Gasteiger charge is -2.07. The van der Waals surface area contributed by atoms with Gasteiger partial charge in [0.05, 0.1) is 6.20 Å². The molecule has 0 saturated heterocycles. The van der Waals surface area contributed by atoms with Gasteiger partial charge in [-0.1, -0.05) is 30.7 Å². The molecule has 0 radical (unpaired) electrons. The topological polar surface area (TPSA) is 62.7 Å². The summed E-state index contributed by atoms with van der Waals surface area (Å²) in [5, 5.41) is 15.0. The molecule has 0 aliphatic carbocycles. The predicted octanol–water partition coefficient (Wildman–Crippen LogP) is 3.00. The molecule has 0 spiro atoms. The highest BCUT2D eigenvalue weighted by molar-refractivity contribution is 6.30. The Morgan fingerprint density at radius 3 is 2.90 bits per heavy atom. The second-order valence-corrected chi connectivity index (χ2v) is 4.84. The van der Waals surface area contributed by atoms with Crippen LogP contribution in [-0.2, 0) is 6.42 Å². The van der Waals surface area contributed by atoms with Gasteiger partial charge in [0.1, 0.15) is 5.82 Å². The van der Waals surface area contributed by atoms with E-state index in [1.54, 1.807) is 6.20 Å². The molecular formula is C14H18ClN5. The fourth-order valence-corrected chi connectivity index (χ4v) is 1.94. The minimum atomic E-state index is 0.535. The van der Waals surface area contributed by atoms with Crippen LogP contribution in [0.3, 0.4) is 0 Å². The largest absolute Gasteiger partial charge is 0.369 e. The van der Waals surface area contributed by atoms with Crippen LogP contribution >= 0.6 is 11.6 Å². The number of nitrogens with one attached hydrogen (secondary N) is 2. The fourth-order valence-electron chi connectivity index (χ4n) is 1.73. The van der Waals surface area contributed by atoms with Gasteiger partial charge < -0.3 is 10.6 Å². The van der Waals surface area contributed by atoms with E-state index in [2.05, 4.69) is 32.7 Å². The molecule has 0 amide bonds. The van der Waals surface area contributed by atoms with Crippen LogP contribution < -0.4 is 10.6 Å². The summed E-state index contributed by atoms with van der Waals surface area (Å²) in [4.78, 5) is 4.34. The minimum Gasteiger partial charge on any atom is -0.369 e. The van der Waals surface area contributed by atoms with Crippen molar-refractivity contribution < 1.29 is 0 Å². The number of benzene rings is 1. The van der Waals surface area contributed by atoms with E-state index in [0.717, 1.165) is 36.8 Å². The molecule has 20 heavy (non-hydrogen) atoms. The number of halogens is 1. The van der Waals surface area contributed by atoms with Gasteiger partial charge in [0.2, 0.25) is 5.95 Å². The molecule has 0 saturated carbocycles. The molecular weight excluding hydrogens is 274 g/mol. The van der Waals surface area contributed by atoms with Crippen molar-refractivity contribution in [2.75, 3.05) is 23.7 Å². The Kier molecular flexibility index (Phi) is 5.55. The summed E-state index contributed by atoms with van der Waals surface area (Å²) in [6, 6.07) is 7.83. The third-order valence-electron chi connectivity index (χ3n) is 2.70. The van der Waals surface area contributed by atoms with Gasteiger partial charge in [-0.25, -0.2) is 0 Å². The Bertz CT molecular complexity index is 547. The Balaban J connectivity index is 1.84. The SMILES string of the molecule is CCCNc1cnnc(NCCc2cccc(Cl)c2)n1. The monoisotopic (exact) mass is 291 g/mol. The lowest BCUT2D eigenvalue weighted by molar-refractivity contribution is 0.909. The third-order valence-corrected chi connectivity index (χ3v) is 2.94. The van der Waals surface area contributed by atoms with Gasteiger partial charge in [-0.3, -0.25) is 0 Å². The normalized spacial score (nSPS) is 10.3. The van der Waals surface area contributed by atoms with E-state index in [1.807, 2.05) is 24.3 Å². The van der Waals surface area contributed by atoms with Crippen molar-refractivity contribution in [3.05, 3.63) is 41.0 Å². The highest BCUT2D eigenvalue weighted by Gasteiger charge is 2.00. The molecule has 6 heteroatoms. The van der Waals surface area contributed by atoms with Gasteiger partial charge in [-0.15, -0.1) is 5.10 Å². The maximum Gasteiger partial charge on any atom is 0.244 e. The molecule has 0 fully saturated rings. The number of hydrogen-bond donors (Lipinski definition) is 2. The van der Waals surface area contributed by atoms with Crippen molar-refractivity contribution in [3.8, 4) is 0 Å². The first-order valence-electron chi connectivity index (χ1n) is 6.70. The van der Waals surface area contributed by atoms with Gasteiger partial charge in [-0.05, 0) is 30.5 Å². The molecule has 1 aromatic carbocycles. The van der Waals surface area contributed by atoms with Crippen LogP contribution in [0, 0.1) is 0 Å². The number of nitrogens with zero attached hydrogens (tertiary/aromatic N) is 3. The molecule has 0 atom stereocenters. The van der Waals surface area contributed by atoms with Gasteiger partial charge in [0.25, 0.3) is 0 Å². The third kappa shape index (κ3) is 4.66. The van der Waals surface area contributed by atoms with Gasteiger partial charge >= 0.3 is 0 Å². The van der Waals surface area contributed by atoms with E-state index in [0.29, 0.717) is 5.95 Å². The van der Waals surface area contributed by atoms with E-state index < -0.39 is 0 Å². The zero-order valence-electron chi connectivity index (χ0n) is 11.4. The van der Waals surface area contributed by atoms with Crippen molar-refractivity contribution in [2.24, 2.45) is 0 Å². The Morgan fingerprint density at radius 2 is 2.10 bits per heavy atom. The quantitative estimate of drug-likeness (QED) is 0.821. The second kappa shape index (κ2) is 7.65. The van der Waals surface area contributed by atoms with E-state index in [4.69, 9.17) is 11.6 Å². The Labute approximate surface area is 123 Å². The Hall–Kier alpha value is -1.88. The van der Waals surface area contributed by atoms with Crippen LogP contribution in [0.5, 0.6) is 0 Å². The van der Waals surface area contributed by atoms with Crippen molar-refractivity contribution in [2.45, 2.75) is 19.8 Å². The molecule has 2 rings (SSSR count). The van der Waals surface area contributed by atoms with Gasteiger partial charge in [-0.2, -0.15) is 10.1 Å². The molecule has 2 N–H and O–H groups in total. The number of aromatic nitrogens is 3. The number of rotatable bonds is 7. The maximum absolute atomic E-state index is 5.95. The fraction of sp³-hybridized carbons (Fsp3) is 0.357. The first kappa shape index (κ1) is 14.5. The molecule has 1 aromatic heterocycles. The molecule has 106 valence electrons. The average molecular weight is 292 g/mol. The van der Waals surface area contributed by atoms with Crippen LogP contribution in [0.2, 0.25) is 5.02 Å². The van der Waals surface area contributed by atoms with Crippen LogP contribution in [-0.4, -0.2) is 28.3 Å². The first-order valence-corrected chi connectivity index (χ1v) is 7.07. The highest BCUT2D eigenvalue weighted by Crippen LogP contribution is 2.11. The van der Waals surface area contributed by atoms with Crippen LogP contribution in [0.15, 0.2) is 30.5 Å².